The zero-order valence-corrected chi connectivity index (χ0v) is 11.4. The molecule has 19 heavy (non-hydrogen) atoms. The molecule has 1 aromatic rings. The maximum absolute atomic E-state index is 10.8. The highest BCUT2D eigenvalue weighted by Crippen LogP contribution is 2.11. The first-order chi connectivity index (χ1) is 8.80. The lowest BCUT2D eigenvalue weighted by Gasteiger charge is -2.10. The van der Waals surface area contributed by atoms with E-state index in [-0.39, 0.29) is 36.3 Å². The van der Waals surface area contributed by atoms with E-state index in [9.17, 15) is 8.42 Å². The third-order valence-electron chi connectivity index (χ3n) is 1.75. The van der Waals surface area contributed by atoms with Crippen LogP contribution in [0.15, 0.2) is 0 Å². The third kappa shape index (κ3) is 6.13. The largest absolute Gasteiger partial charge is 0.461 e. The molecule has 108 valence electrons. The quantitative estimate of drug-likeness (QED) is 0.351. The average molecular weight is 291 g/mol. The van der Waals surface area contributed by atoms with E-state index < -0.39 is 10.0 Å². The van der Waals surface area contributed by atoms with Gasteiger partial charge in [-0.3, -0.25) is 5.43 Å². The van der Waals surface area contributed by atoms with Gasteiger partial charge in [-0.2, -0.15) is 15.0 Å². The minimum absolute atomic E-state index is 0.0635. The summed E-state index contributed by atoms with van der Waals surface area (Å²) in [5.74, 6) is 5.21. The molecule has 0 saturated carbocycles. The van der Waals surface area contributed by atoms with Crippen LogP contribution in [0.2, 0.25) is 0 Å². The van der Waals surface area contributed by atoms with Gasteiger partial charge in [0, 0.05) is 6.54 Å². The standard InChI is InChI=1S/C8H17N7O3S/c1-5(2)18-8-13-6(12-7(14-8)15-9)11-3-4-19(10,16)17/h5H,3-4,9H2,1-2H3,(H2,10,16,17)(H2,11,12,13,14,15). The molecule has 0 atom stereocenters. The Kier molecular flexibility index (Phi) is 5.20. The summed E-state index contributed by atoms with van der Waals surface area (Å²) in [6.45, 7) is 3.69. The van der Waals surface area contributed by atoms with E-state index >= 15 is 0 Å². The molecule has 0 aliphatic rings. The van der Waals surface area contributed by atoms with Gasteiger partial charge in [0.05, 0.1) is 11.9 Å². The molecule has 0 aliphatic carbocycles. The highest BCUT2D eigenvalue weighted by atomic mass is 32.2. The number of ether oxygens (including phenoxy) is 1. The lowest BCUT2D eigenvalue weighted by atomic mass is 10.5. The minimum Gasteiger partial charge on any atom is -0.461 e. The van der Waals surface area contributed by atoms with Crippen molar-refractivity contribution in [2.24, 2.45) is 11.0 Å². The first kappa shape index (κ1) is 15.3. The molecule has 0 unspecified atom stereocenters. The lowest BCUT2D eigenvalue weighted by molar-refractivity contribution is 0.222. The zero-order chi connectivity index (χ0) is 14.5. The van der Waals surface area contributed by atoms with E-state index in [1.807, 2.05) is 13.8 Å². The topological polar surface area (TPSA) is 158 Å². The third-order valence-corrected chi connectivity index (χ3v) is 2.53. The van der Waals surface area contributed by atoms with Crippen molar-refractivity contribution in [3.05, 3.63) is 0 Å². The van der Waals surface area contributed by atoms with Gasteiger partial charge in [0.1, 0.15) is 0 Å². The molecule has 6 N–H and O–H groups in total. The van der Waals surface area contributed by atoms with Crippen LogP contribution in [0.1, 0.15) is 13.8 Å². The first-order valence-corrected chi connectivity index (χ1v) is 7.15. The predicted molar refractivity (Wildman–Crippen MR) is 69.9 cm³/mol. The second kappa shape index (κ2) is 6.45. The number of anilines is 2. The van der Waals surface area contributed by atoms with Crippen LogP contribution in [0.3, 0.4) is 0 Å². The van der Waals surface area contributed by atoms with Gasteiger partial charge >= 0.3 is 6.01 Å². The van der Waals surface area contributed by atoms with Crippen LogP contribution in [-0.4, -0.2) is 41.8 Å². The van der Waals surface area contributed by atoms with E-state index in [4.69, 9.17) is 15.7 Å². The van der Waals surface area contributed by atoms with Crippen molar-refractivity contribution in [1.29, 1.82) is 0 Å². The summed E-state index contributed by atoms with van der Waals surface area (Å²) in [6.07, 6.45) is -0.120. The number of nitrogen functional groups attached to an aromatic ring is 1. The molecule has 0 saturated heterocycles. The Labute approximate surface area is 111 Å². The lowest BCUT2D eigenvalue weighted by Crippen LogP contribution is -2.23. The molecule has 0 radical (unpaired) electrons. The number of primary sulfonamides is 1. The molecule has 0 amide bonds. The van der Waals surface area contributed by atoms with Gasteiger partial charge in [-0.15, -0.1) is 0 Å². The van der Waals surface area contributed by atoms with Crippen molar-refractivity contribution in [1.82, 2.24) is 15.0 Å². The van der Waals surface area contributed by atoms with Crippen LogP contribution < -0.4 is 26.5 Å². The normalized spacial score (nSPS) is 11.4. The first-order valence-electron chi connectivity index (χ1n) is 5.44. The number of nitrogens with two attached hydrogens (primary N) is 2. The van der Waals surface area contributed by atoms with Crippen LogP contribution in [0.5, 0.6) is 6.01 Å². The maximum Gasteiger partial charge on any atom is 0.323 e. The van der Waals surface area contributed by atoms with E-state index in [1.165, 1.54) is 0 Å². The fourth-order valence-electron chi connectivity index (χ4n) is 1.07. The molecule has 0 bridgehead atoms. The number of aromatic nitrogens is 3. The molecule has 1 rings (SSSR count). The number of rotatable bonds is 7. The fourth-order valence-corrected chi connectivity index (χ4v) is 1.46. The SMILES string of the molecule is CC(C)Oc1nc(NN)nc(NCCS(N)(=O)=O)n1. The summed E-state index contributed by atoms with van der Waals surface area (Å²) in [5, 5.41) is 7.57. The average Bonchev–Trinajstić information content (AvgIpc) is 2.26. The Balaban J connectivity index is 2.76. The summed E-state index contributed by atoms with van der Waals surface area (Å²) >= 11 is 0. The van der Waals surface area contributed by atoms with Crippen LogP contribution in [-0.2, 0) is 10.0 Å². The monoisotopic (exact) mass is 291 g/mol. The molecular weight excluding hydrogens is 274 g/mol. The summed E-state index contributed by atoms with van der Waals surface area (Å²) in [7, 11) is -3.54. The van der Waals surface area contributed by atoms with E-state index in [1.54, 1.807) is 0 Å². The number of hydrazine groups is 1. The van der Waals surface area contributed by atoms with Gasteiger partial charge in [-0.05, 0) is 13.8 Å². The second-order valence-electron chi connectivity index (χ2n) is 3.87. The van der Waals surface area contributed by atoms with Gasteiger partial charge in [-0.1, -0.05) is 0 Å². The van der Waals surface area contributed by atoms with Crippen molar-refractivity contribution in [2.45, 2.75) is 20.0 Å². The Morgan fingerprint density at radius 3 is 2.42 bits per heavy atom. The molecule has 10 nitrogen and oxygen atoms in total. The summed E-state index contributed by atoms with van der Waals surface area (Å²) < 4.78 is 26.9. The second-order valence-corrected chi connectivity index (χ2v) is 5.60. The van der Waals surface area contributed by atoms with Crippen molar-refractivity contribution in [2.75, 3.05) is 23.0 Å². The smallest absolute Gasteiger partial charge is 0.323 e. The van der Waals surface area contributed by atoms with Gasteiger partial charge < -0.3 is 10.1 Å². The van der Waals surface area contributed by atoms with Crippen LogP contribution in [0, 0.1) is 0 Å². The van der Waals surface area contributed by atoms with Crippen molar-refractivity contribution < 1.29 is 13.2 Å². The van der Waals surface area contributed by atoms with Crippen LogP contribution >= 0.6 is 0 Å². The molecule has 11 heteroatoms. The predicted octanol–water partition coefficient (Wildman–Crippen LogP) is -1.36. The Hall–Kier alpha value is -1.72. The molecule has 1 aromatic heterocycles. The molecule has 0 aromatic carbocycles. The van der Waals surface area contributed by atoms with Gasteiger partial charge in [0.2, 0.25) is 21.9 Å². The number of nitrogens with zero attached hydrogens (tertiary/aromatic N) is 3. The number of nitrogens with one attached hydrogen (secondary N) is 2. The Morgan fingerprint density at radius 1 is 1.26 bits per heavy atom. The zero-order valence-electron chi connectivity index (χ0n) is 10.6. The van der Waals surface area contributed by atoms with E-state index in [0.717, 1.165) is 0 Å². The molecular formula is C8H17N7O3S. The number of hydrogen-bond acceptors (Lipinski definition) is 9. The molecule has 0 fully saturated rings. The van der Waals surface area contributed by atoms with Crippen LogP contribution in [0.4, 0.5) is 11.9 Å². The number of sulfonamides is 1. The maximum atomic E-state index is 10.8. The van der Waals surface area contributed by atoms with E-state index in [2.05, 4.69) is 25.7 Å². The van der Waals surface area contributed by atoms with Gasteiger partial charge in [0.15, 0.2) is 0 Å². The fraction of sp³-hybridized carbons (Fsp3) is 0.625. The minimum atomic E-state index is -3.54. The van der Waals surface area contributed by atoms with Crippen molar-refractivity contribution in [3.8, 4) is 6.01 Å². The molecule has 0 spiro atoms. The summed E-state index contributed by atoms with van der Waals surface area (Å²) in [4.78, 5) is 11.7. The van der Waals surface area contributed by atoms with Crippen molar-refractivity contribution in [3.63, 3.8) is 0 Å². The summed E-state index contributed by atoms with van der Waals surface area (Å²) in [6, 6.07) is 0.0797. The Bertz CT molecular complexity index is 519. The van der Waals surface area contributed by atoms with Gasteiger partial charge in [-0.25, -0.2) is 19.4 Å². The van der Waals surface area contributed by atoms with Gasteiger partial charge in [0.25, 0.3) is 0 Å². The molecule has 1 heterocycles. The highest BCUT2D eigenvalue weighted by Gasteiger charge is 2.09. The van der Waals surface area contributed by atoms with Crippen LogP contribution in [0.25, 0.3) is 0 Å². The van der Waals surface area contributed by atoms with E-state index in [0.29, 0.717) is 0 Å². The Morgan fingerprint density at radius 2 is 1.89 bits per heavy atom. The molecule has 0 aliphatic heterocycles. The number of hydrogen-bond donors (Lipinski definition) is 4. The highest BCUT2D eigenvalue weighted by molar-refractivity contribution is 7.89. The van der Waals surface area contributed by atoms with Crippen molar-refractivity contribution >= 4 is 21.9 Å². The summed E-state index contributed by atoms with van der Waals surface area (Å²) in [5.41, 5.74) is 2.26.